The summed E-state index contributed by atoms with van der Waals surface area (Å²) in [7, 11) is 3.33. The maximum Gasteiger partial charge on any atom is 0.255 e. The number of nitrogens with zero attached hydrogens (tertiary/aromatic N) is 1. The van der Waals surface area contributed by atoms with Crippen molar-refractivity contribution in [3.05, 3.63) is 29.8 Å². The molecular weight excluding hydrogens is 238 g/mol. The zero-order chi connectivity index (χ0) is 13.4. The standard InChI is InChI=1S/C13H20F2N2O/c1-17(10-13(14)15)12-5-3-11(4-6-12)9-16-7-8-18-2/h3-6,13,16H,7-10H2,1-2H3. The van der Waals surface area contributed by atoms with Crippen molar-refractivity contribution >= 4 is 5.69 Å². The molecule has 0 saturated carbocycles. The molecule has 0 fully saturated rings. The first-order valence-electron chi connectivity index (χ1n) is 5.91. The van der Waals surface area contributed by atoms with E-state index in [-0.39, 0.29) is 6.54 Å². The van der Waals surface area contributed by atoms with Crippen molar-refractivity contribution in [3.63, 3.8) is 0 Å². The van der Waals surface area contributed by atoms with E-state index in [4.69, 9.17) is 4.74 Å². The fraction of sp³-hybridized carbons (Fsp3) is 0.538. The van der Waals surface area contributed by atoms with Gasteiger partial charge in [-0.3, -0.25) is 0 Å². The molecule has 0 bridgehead atoms. The van der Waals surface area contributed by atoms with E-state index < -0.39 is 6.43 Å². The molecule has 0 aliphatic carbocycles. The fourth-order valence-corrected chi connectivity index (χ4v) is 1.59. The zero-order valence-electron chi connectivity index (χ0n) is 10.8. The third kappa shape index (κ3) is 5.42. The van der Waals surface area contributed by atoms with E-state index >= 15 is 0 Å². The van der Waals surface area contributed by atoms with Gasteiger partial charge in [0.05, 0.1) is 13.2 Å². The molecule has 0 spiro atoms. The number of anilines is 1. The zero-order valence-corrected chi connectivity index (χ0v) is 10.8. The number of nitrogens with one attached hydrogen (secondary N) is 1. The van der Waals surface area contributed by atoms with Crippen LogP contribution in [0.5, 0.6) is 0 Å². The van der Waals surface area contributed by atoms with E-state index in [9.17, 15) is 8.78 Å². The molecule has 0 aromatic heterocycles. The summed E-state index contributed by atoms with van der Waals surface area (Å²) in [6.07, 6.45) is -2.31. The monoisotopic (exact) mass is 258 g/mol. The normalized spacial score (nSPS) is 10.9. The minimum Gasteiger partial charge on any atom is -0.383 e. The molecule has 1 N–H and O–H groups in total. The van der Waals surface area contributed by atoms with Gasteiger partial charge in [-0.15, -0.1) is 0 Å². The highest BCUT2D eigenvalue weighted by Crippen LogP contribution is 2.14. The first-order chi connectivity index (χ1) is 8.63. The van der Waals surface area contributed by atoms with Crippen molar-refractivity contribution in [1.82, 2.24) is 5.32 Å². The lowest BCUT2D eigenvalue weighted by atomic mass is 10.2. The Balaban J connectivity index is 2.42. The largest absolute Gasteiger partial charge is 0.383 e. The molecule has 0 amide bonds. The summed E-state index contributed by atoms with van der Waals surface area (Å²) in [6, 6.07) is 7.60. The van der Waals surface area contributed by atoms with Crippen LogP contribution in [0.2, 0.25) is 0 Å². The lowest BCUT2D eigenvalue weighted by molar-refractivity contribution is 0.156. The summed E-state index contributed by atoms with van der Waals surface area (Å²) in [5.41, 5.74) is 1.93. The number of rotatable bonds is 8. The molecule has 3 nitrogen and oxygen atoms in total. The maximum atomic E-state index is 12.2. The number of methoxy groups -OCH3 is 1. The van der Waals surface area contributed by atoms with Gasteiger partial charge >= 0.3 is 0 Å². The number of halogens is 2. The van der Waals surface area contributed by atoms with Crippen LogP contribution in [-0.4, -0.2) is 40.3 Å². The van der Waals surface area contributed by atoms with E-state index in [2.05, 4.69) is 5.32 Å². The molecule has 0 unspecified atom stereocenters. The Hall–Kier alpha value is -1.20. The molecule has 0 aliphatic heterocycles. The molecule has 1 aromatic carbocycles. The van der Waals surface area contributed by atoms with Crippen LogP contribution in [0.1, 0.15) is 5.56 Å². The summed E-state index contributed by atoms with van der Waals surface area (Å²) in [4.78, 5) is 1.55. The second-order valence-corrected chi connectivity index (χ2v) is 4.11. The first kappa shape index (κ1) is 14.9. The SMILES string of the molecule is COCCNCc1ccc(N(C)CC(F)F)cc1. The predicted octanol–water partition coefficient (Wildman–Crippen LogP) is 2.12. The number of hydrogen-bond acceptors (Lipinski definition) is 3. The highest BCUT2D eigenvalue weighted by Gasteiger charge is 2.08. The predicted molar refractivity (Wildman–Crippen MR) is 69.3 cm³/mol. The summed E-state index contributed by atoms with van der Waals surface area (Å²) >= 11 is 0. The van der Waals surface area contributed by atoms with E-state index in [1.807, 2.05) is 24.3 Å². The summed E-state index contributed by atoms with van der Waals surface area (Å²) < 4.78 is 29.4. The number of benzene rings is 1. The van der Waals surface area contributed by atoms with E-state index in [1.54, 1.807) is 19.1 Å². The first-order valence-corrected chi connectivity index (χ1v) is 5.91. The lowest BCUT2D eigenvalue weighted by Crippen LogP contribution is -2.24. The van der Waals surface area contributed by atoms with Crippen molar-refractivity contribution in [2.75, 3.05) is 38.8 Å². The molecule has 0 radical (unpaired) electrons. The summed E-state index contributed by atoms with van der Waals surface area (Å²) in [5, 5.41) is 3.22. The topological polar surface area (TPSA) is 24.5 Å². The van der Waals surface area contributed by atoms with Gasteiger partial charge in [-0.2, -0.15) is 0 Å². The van der Waals surface area contributed by atoms with Crippen LogP contribution >= 0.6 is 0 Å². The average molecular weight is 258 g/mol. The Labute approximate surface area is 107 Å². The third-order valence-electron chi connectivity index (χ3n) is 2.60. The fourth-order valence-electron chi connectivity index (χ4n) is 1.59. The Morgan fingerprint density at radius 3 is 2.50 bits per heavy atom. The molecular formula is C13H20F2N2O. The van der Waals surface area contributed by atoms with Gasteiger partial charge in [0.25, 0.3) is 6.43 Å². The Morgan fingerprint density at radius 1 is 1.28 bits per heavy atom. The van der Waals surface area contributed by atoms with Crippen molar-refractivity contribution in [2.45, 2.75) is 13.0 Å². The van der Waals surface area contributed by atoms with Gasteiger partial charge in [0, 0.05) is 32.9 Å². The highest BCUT2D eigenvalue weighted by molar-refractivity contribution is 5.46. The second kappa shape index (κ2) is 8.00. The van der Waals surface area contributed by atoms with Crippen LogP contribution in [0.15, 0.2) is 24.3 Å². The Bertz CT molecular complexity index is 330. The van der Waals surface area contributed by atoms with Crippen LogP contribution in [0.25, 0.3) is 0 Å². The smallest absolute Gasteiger partial charge is 0.255 e. The van der Waals surface area contributed by atoms with E-state index in [0.29, 0.717) is 6.61 Å². The molecule has 1 rings (SSSR count). The molecule has 0 heterocycles. The average Bonchev–Trinajstić information content (AvgIpc) is 2.34. The Kier molecular flexibility index (Phi) is 6.60. The number of alkyl halides is 2. The third-order valence-corrected chi connectivity index (χ3v) is 2.60. The van der Waals surface area contributed by atoms with Crippen LogP contribution in [-0.2, 0) is 11.3 Å². The quantitative estimate of drug-likeness (QED) is 0.723. The van der Waals surface area contributed by atoms with Gasteiger partial charge in [0.1, 0.15) is 0 Å². The molecule has 0 saturated heterocycles. The molecule has 0 aliphatic rings. The minimum absolute atomic E-state index is 0.245. The van der Waals surface area contributed by atoms with Gasteiger partial charge in [0.2, 0.25) is 0 Å². The molecule has 5 heteroatoms. The van der Waals surface area contributed by atoms with Gasteiger partial charge < -0.3 is 15.0 Å². The maximum absolute atomic E-state index is 12.2. The van der Waals surface area contributed by atoms with Crippen LogP contribution in [0, 0.1) is 0 Å². The molecule has 0 atom stereocenters. The van der Waals surface area contributed by atoms with Gasteiger partial charge in [-0.05, 0) is 17.7 Å². The minimum atomic E-state index is -2.31. The van der Waals surface area contributed by atoms with Crippen molar-refractivity contribution < 1.29 is 13.5 Å². The van der Waals surface area contributed by atoms with E-state index in [0.717, 1.165) is 24.3 Å². The van der Waals surface area contributed by atoms with Crippen LogP contribution in [0.3, 0.4) is 0 Å². The summed E-state index contributed by atoms with van der Waals surface area (Å²) in [5.74, 6) is 0. The molecule has 18 heavy (non-hydrogen) atoms. The second-order valence-electron chi connectivity index (χ2n) is 4.11. The van der Waals surface area contributed by atoms with Crippen molar-refractivity contribution in [2.24, 2.45) is 0 Å². The molecule has 102 valence electrons. The van der Waals surface area contributed by atoms with Crippen LogP contribution < -0.4 is 10.2 Å². The highest BCUT2D eigenvalue weighted by atomic mass is 19.3. The lowest BCUT2D eigenvalue weighted by Gasteiger charge is -2.18. The van der Waals surface area contributed by atoms with Gasteiger partial charge in [-0.1, -0.05) is 12.1 Å². The number of ether oxygens (including phenoxy) is 1. The van der Waals surface area contributed by atoms with Gasteiger partial charge in [-0.25, -0.2) is 8.78 Å². The number of hydrogen-bond donors (Lipinski definition) is 1. The summed E-state index contributed by atoms with van der Waals surface area (Å²) in [6.45, 7) is 1.98. The van der Waals surface area contributed by atoms with Crippen LogP contribution in [0.4, 0.5) is 14.5 Å². The van der Waals surface area contributed by atoms with Crippen molar-refractivity contribution in [3.8, 4) is 0 Å². The Morgan fingerprint density at radius 2 is 1.94 bits per heavy atom. The van der Waals surface area contributed by atoms with E-state index in [1.165, 1.54) is 0 Å². The van der Waals surface area contributed by atoms with Crippen molar-refractivity contribution in [1.29, 1.82) is 0 Å². The molecule has 1 aromatic rings. The van der Waals surface area contributed by atoms with Gasteiger partial charge in [0.15, 0.2) is 0 Å².